The number of halogens is 3. The molecular weight excluding hydrogens is 369 g/mol. The second-order valence-electron chi connectivity index (χ2n) is 6.11. The molecule has 0 aliphatic carbocycles. The normalized spacial score (nSPS) is 25.5. The van der Waals surface area contributed by atoms with E-state index in [9.17, 15) is 23.1 Å². The van der Waals surface area contributed by atoms with Gasteiger partial charge in [0.05, 0.1) is 25.5 Å². The molecule has 1 aromatic heterocycles. The van der Waals surface area contributed by atoms with E-state index in [2.05, 4.69) is 10.3 Å². The number of nitrogens with two attached hydrogens (primary N) is 1. The van der Waals surface area contributed by atoms with Crippen LogP contribution in [-0.2, 0) is 14.3 Å². The fourth-order valence-corrected chi connectivity index (χ4v) is 3.22. The Bertz CT molecular complexity index is 839. The van der Waals surface area contributed by atoms with E-state index in [1.54, 1.807) is 0 Å². The van der Waals surface area contributed by atoms with Gasteiger partial charge >= 0.3 is 0 Å². The molecule has 146 valence electrons. The van der Waals surface area contributed by atoms with Crippen molar-refractivity contribution in [2.24, 2.45) is 5.73 Å². The Hall–Kier alpha value is -2.50. The van der Waals surface area contributed by atoms with Crippen LogP contribution in [0.4, 0.5) is 13.2 Å². The Morgan fingerprint density at radius 2 is 2.11 bits per heavy atom. The molecule has 3 rings (SSSR count). The predicted octanol–water partition coefficient (Wildman–Crippen LogP) is 0.555. The molecule has 0 spiro atoms. The molecule has 2 aromatic rings. The number of carbonyl (C=O) groups excluding carboxylic acids is 1. The fourth-order valence-electron chi connectivity index (χ4n) is 3.22. The summed E-state index contributed by atoms with van der Waals surface area (Å²) in [6.45, 7) is -0.615. The zero-order valence-corrected chi connectivity index (χ0v) is 14.2. The van der Waals surface area contributed by atoms with Gasteiger partial charge in [0, 0.05) is 12.7 Å². The lowest BCUT2D eigenvalue weighted by Crippen LogP contribution is -2.63. The standard InChI is InChI=1S/C16H17F3N4O4/c1-26-14-12(2-3-27-16(14,7-24)15(20)25)23-6-11(21-22-23)8-4-9(17)13(19)10(18)5-8/h4-6,12,14,24H,2-3,7H2,1H3,(H2,20,25). The summed E-state index contributed by atoms with van der Waals surface area (Å²) >= 11 is 0. The van der Waals surface area contributed by atoms with Gasteiger partial charge in [-0.1, -0.05) is 5.21 Å². The average Bonchev–Trinajstić information content (AvgIpc) is 3.14. The molecule has 27 heavy (non-hydrogen) atoms. The number of benzene rings is 1. The summed E-state index contributed by atoms with van der Waals surface area (Å²) in [5.41, 5.74) is 3.70. The van der Waals surface area contributed by atoms with Gasteiger partial charge in [-0.25, -0.2) is 17.9 Å². The van der Waals surface area contributed by atoms with Gasteiger partial charge in [-0.15, -0.1) is 5.10 Å². The molecule has 3 unspecified atom stereocenters. The molecule has 1 aliphatic heterocycles. The number of aromatic nitrogens is 3. The monoisotopic (exact) mass is 386 g/mol. The van der Waals surface area contributed by atoms with Crippen molar-refractivity contribution < 1.29 is 32.5 Å². The minimum Gasteiger partial charge on any atom is -0.393 e. The molecule has 8 nitrogen and oxygen atoms in total. The second kappa shape index (κ2) is 7.25. The fraction of sp³-hybridized carbons (Fsp3) is 0.438. The molecule has 1 saturated heterocycles. The summed E-state index contributed by atoms with van der Waals surface area (Å²) in [5, 5.41) is 17.4. The SMILES string of the molecule is COC1C(n2cc(-c3cc(F)c(F)c(F)c3)nn2)CCOC1(CO)C(N)=O. The number of rotatable bonds is 5. The largest absolute Gasteiger partial charge is 0.393 e. The first-order valence-electron chi connectivity index (χ1n) is 7.98. The molecule has 2 heterocycles. The summed E-state index contributed by atoms with van der Waals surface area (Å²) in [7, 11) is 1.32. The summed E-state index contributed by atoms with van der Waals surface area (Å²) < 4.78 is 52.1. The molecule has 3 atom stereocenters. The van der Waals surface area contributed by atoms with E-state index in [-0.39, 0.29) is 17.9 Å². The van der Waals surface area contributed by atoms with Gasteiger partial charge in [0.15, 0.2) is 23.1 Å². The highest BCUT2D eigenvalue weighted by molar-refractivity contribution is 5.84. The van der Waals surface area contributed by atoms with Crippen molar-refractivity contribution in [3.05, 3.63) is 35.8 Å². The van der Waals surface area contributed by atoms with Gasteiger partial charge in [-0.3, -0.25) is 4.79 Å². The number of amides is 1. The van der Waals surface area contributed by atoms with Crippen LogP contribution in [0.1, 0.15) is 12.5 Å². The maximum Gasteiger partial charge on any atom is 0.254 e. The number of ether oxygens (including phenoxy) is 2. The highest BCUT2D eigenvalue weighted by atomic mass is 19.2. The van der Waals surface area contributed by atoms with E-state index in [1.807, 2.05) is 0 Å². The third-order valence-corrected chi connectivity index (χ3v) is 4.62. The molecule has 1 aromatic carbocycles. The smallest absolute Gasteiger partial charge is 0.254 e. The number of hydrogen-bond donors (Lipinski definition) is 2. The number of primary amides is 1. The van der Waals surface area contributed by atoms with E-state index >= 15 is 0 Å². The van der Waals surface area contributed by atoms with Crippen LogP contribution in [0.2, 0.25) is 0 Å². The van der Waals surface area contributed by atoms with Crippen LogP contribution in [-0.4, -0.2) is 58.0 Å². The third kappa shape index (κ3) is 3.17. The lowest BCUT2D eigenvalue weighted by atomic mass is 9.86. The van der Waals surface area contributed by atoms with Crippen molar-refractivity contribution in [2.75, 3.05) is 20.3 Å². The van der Waals surface area contributed by atoms with Crippen molar-refractivity contribution in [1.82, 2.24) is 15.0 Å². The minimum absolute atomic E-state index is 0.0120. The maximum atomic E-state index is 13.5. The first-order chi connectivity index (χ1) is 12.8. The summed E-state index contributed by atoms with van der Waals surface area (Å²) in [5.74, 6) is -5.18. The molecule has 1 aliphatic rings. The number of hydrogen-bond acceptors (Lipinski definition) is 6. The Kier molecular flexibility index (Phi) is 5.18. The molecule has 0 radical (unpaired) electrons. The van der Waals surface area contributed by atoms with Crippen LogP contribution in [0, 0.1) is 17.5 Å². The van der Waals surface area contributed by atoms with Crippen LogP contribution in [0.15, 0.2) is 18.3 Å². The molecule has 3 N–H and O–H groups in total. The first-order valence-corrected chi connectivity index (χ1v) is 7.98. The molecule has 0 bridgehead atoms. The summed E-state index contributed by atoms with van der Waals surface area (Å²) in [4.78, 5) is 11.9. The topological polar surface area (TPSA) is 112 Å². The van der Waals surface area contributed by atoms with Crippen LogP contribution < -0.4 is 5.73 Å². The van der Waals surface area contributed by atoms with E-state index < -0.39 is 47.7 Å². The quantitative estimate of drug-likeness (QED) is 0.726. The average molecular weight is 386 g/mol. The number of carbonyl (C=O) groups is 1. The number of methoxy groups -OCH3 is 1. The van der Waals surface area contributed by atoms with Crippen molar-refractivity contribution >= 4 is 5.91 Å². The van der Waals surface area contributed by atoms with Gasteiger partial charge in [0.25, 0.3) is 5.91 Å². The molecular formula is C16H17F3N4O4. The van der Waals surface area contributed by atoms with Crippen molar-refractivity contribution in [1.29, 1.82) is 0 Å². The highest BCUT2D eigenvalue weighted by Gasteiger charge is 2.53. The number of nitrogens with zero attached hydrogens (tertiary/aromatic N) is 3. The maximum absolute atomic E-state index is 13.5. The Morgan fingerprint density at radius 1 is 1.44 bits per heavy atom. The Balaban J connectivity index is 1.97. The summed E-state index contributed by atoms with van der Waals surface area (Å²) in [6.07, 6.45) is 0.740. The zero-order chi connectivity index (χ0) is 19.8. The highest BCUT2D eigenvalue weighted by Crippen LogP contribution is 2.35. The van der Waals surface area contributed by atoms with E-state index in [0.717, 1.165) is 12.1 Å². The van der Waals surface area contributed by atoms with E-state index in [1.165, 1.54) is 18.0 Å². The molecule has 0 saturated carbocycles. The molecule has 11 heteroatoms. The number of aliphatic hydroxyl groups is 1. The second-order valence-corrected chi connectivity index (χ2v) is 6.11. The van der Waals surface area contributed by atoms with Gasteiger partial charge in [-0.2, -0.15) is 0 Å². The Morgan fingerprint density at radius 3 is 2.67 bits per heavy atom. The van der Waals surface area contributed by atoms with Crippen LogP contribution in [0.5, 0.6) is 0 Å². The van der Waals surface area contributed by atoms with Crippen LogP contribution in [0.3, 0.4) is 0 Å². The van der Waals surface area contributed by atoms with Crippen molar-refractivity contribution in [3.63, 3.8) is 0 Å². The number of aliphatic hydroxyl groups excluding tert-OH is 1. The van der Waals surface area contributed by atoms with Crippen molar-refractivity contribution in [2.45, 2.75) is 24.2 Å². The van der Waals surface area contributed by atoms with Crippen molar-refractivity contribution in [3.8, 4) is 11.3 Å². The Labute approximate surface area is 151 Å². The van der Waals surface area contributed by atoms with Gasteiger partial charge < -0.3 is 20.3 Å². The zero-order valence-electron chi connectivity index (χ0n) is 14.2. The van der Waals surface area contributed by atoms with Gasteiger partial charge in [0.1, 0.15) is 11.8 Å². The van der Waals surface area contributed by atoms with Crippen LogP contribution in [0.25, 0.3) is 11.3 Å². The molecule has 1 fully saturated rings. The molecule has 1 amide bonds. The van der Waals surface area contributed by atoms with Gasteiger partial charge in [0.2, 0.25) is 0 Å². The van der Waals surface area contributed by atoms with E-state index in [4.69, 9.17) is 15.2 Å². The first kappa shape index (κ1) is 19.3. The van der Waals surface area contributed by atoms with E-state index in [0.29, 0.717) is 6.42 Å². The predicted molar refractivity (Wildman–Crippen MR) is 84.7 cm³/mol. The lowest BCUT2D eigenvalue weighted by Gasteiger charge is -2.43. The summed E-state index contributed by atoms with van der Waals surface area (Å²) in [6, 6.07) is 0.998. The van der Waals surface area contributed by atoms with Gasteiger partial charge in [-0.05, 0) is 18.6 Å². The lowest BCUT2D eigenvalue weighted by molar-refractivity contribution is -0.203. The minimum atomic E-state index is -1.77. The van der Waals surface area contributed by atoms with Crippen LogP contribution >= 0.6 is 0 Å². The third-order valence-electron chi connectivity index (χ3n) is 4.62.